The number of piperidine rings is 1. The smallest absolute Gasteiger partial charge is 0.224 e. The minimum Gasteiger partial charge on any atom is -0.354 e. The Morgan fingerprint density at radius 2 is 2.26 bits per heavy atom. The van der Waals surface area contributed by atoms with Crippen molar-refractivity contribution in [1.29, 1.82) is 0 Å². The van der Waals surface area contributed by atoms with Crippen LogP contribution in [-0.4, -0.2) is 24.5 Å². The summed E-state index contributed by atoms with van der Waals surface area (Å²) in [7, 11) is 0. The number of rotatable bonds is 4. The molecule has 0 aliphatic carbocycles. The van der Waals surface area contributed by atoms with Gasteiger partial charge in [-0.25, -0.2) is 0 Å². The summed E-state index contributed by atoms with van der Waals surface area (Å²) in [6.07, 6.45) is 4.14. The van der Waals surface area contributed by atoms with Crippen LogP contribution in [0.25, 0.3) is 0 Å². The maximum absolute atomic E-state index is 11.9. The fourth-order valence-electron chi connectivity index (χ4n) is 2.71. The molecule has 2 rings (SSSR count). The molecule has 1 aromatic carbocycles. The molecule has 1 saturated heterocycles. The summed E-state index contributed by atoms with van der Waals surface area (Å²) < 4.78 is 0. The van der Waals surface area contributed by atoms with Crippen molar-refractivity contribution in [3.8, 4) is 0 Å². The van der Waals surface area contributed by atoms with Gasteiger partial charge in [0.15, 0.2) is 0 Å². The van der Waals surface area contributed by atoms with Gasteiger partial charge in [-0.2, -0.15) is 0 Å². The number of nitrogens with one attached hydrogen (secondary N) is 2. The molecule has 2 unspecified atom stereocenters. The fraction of sp³-hybridized carbons (Fsp3) is 0.562. The maximum Gasteiger partial charge on any atom is 0.224 e. The second-order valence-corrected chi connectivity index (χ2v) is 5.67. The summed E-state index contributed by atoms with van der Waals surface area (Å²) in [6.45, 7) is 5.00. The molecule has 3 nitrogen and oxygen atoms in total. The van der Waals surface area contributed by atoms with E-state index < -0.39 is 0 Å². The summed E-state index contributed by atoms with van der Waals surface area (Å²) in [5, 5.41) is 6.57. The molecule has 3 heteroatoms. The lowest BCUT2D eigenvalue weighted by molar-refractivity contribution is -0.120. The van der Waals surface area contributed by atoms with Crippen LogP contribution in [0, 0.1) is 6.92 Å². The van der Waals surface area contributed by atoms with Crippen molar-refractivity contribution in [1.82, 2.24) is 10.6 Å². The monoisotopic (exact) mass is 260 g/mol. The summed E-state index contributed by atoms with van der Waals surface area (Å²) in [6, 6.07) is 9.14. The van der Waals surface area contributed by atoms with Gasteiger partial charge >= 0.3 is 0 Å². The zero-order chi connectivity index (χ0) is 13.7. The highest BCUT2D eigenvalue weighted by Gasteiger charge is 2.17. The number of hydrogen-bond acceptors (Lipinski definition) is 2. The molecule has 1 fully saturated rings. The Morgan fingerprint density at radius 3 is 3.00 bits per heavy atom. The largest absolute Gasteiger partial charge is 0.354 e. The number of amides is 1. The molecule has 0 saturated carbocycles. The average molecular weight is 260 g/mol. The van der Waals surface area contributed by atoms with Crippen LogP contribution >= 0.6 is 0 Å². The Balaban J connectivity index is 1.75. The van der Waals surface area contributed by atoms with Crippen molar-refractivity contribution in [3.63, 3.8) is 0 Å². The second-order valence-electron chi connectivity index (χ2n) is 5.67. The predicted molar refractivity (Wildman–Crippen MR) is 78.1 cm³/mol. The van der Waals surface area contributed by atoms with Crippen molar-refractivity contribution in [2.75, 3.05) is 6.54 Å². The topological polar surface area (TPSA) is 41.1 Å². The number of carbonyl (C=O) groups is 1. The molecule has 104 valence electrons. The fourth-order valence-corrected chi connectivity index (χ4v) is 2.71. The molecule has 0 spiro atoms. The van der Waals surface area contributed by atoms with Gasteiger partial charge in [-0.3, -0.25) is 4.79 Å². The van der Waals surface area contributed by atoms with E-state index in [1.54, 1.807) is 0 Å². The van der Waals surface area contributed by atoms with Gasteiger partial charge < -0.3 is 10.6 Å². The third-order valence-electron chi connectivity index (χ3n) is 3.70. The molecular formula is C16H24N2O. The highest BCUT2D eigenvalue weighted by atomic mass is 16.1. The molecule has 1 aliphatic heterocycles. The molecular weight excluding hydrogens is 236 g/mol. The van der Waals surface area contributed by atoms with E-state index in [9.17, 15) is 4.79 Å². The molecule has 1 heterocycles. The van der Waals surface area contributed by atoms with Crippen molar-refractivity contribution in [3.05, 3.63) is 35.4 Å². The minimum absolute atomic E-state index is 0.116. The molecule has 1 amide bonds. The Morgan fingerprint density at radius 1 is 1.42 bits per heavy atom. The van der Waals surface area contributed by atoms with E-state index in [1.165, 1.54) is 18.4 Å². The van der Waals surface area contributed by atoms with Crippen molar-refractivity contribution in [2.24, 2.45) is 0 Å². The van der Waals surface area contributed by atoms with Gasteiger partial charge in [0.1, 0.15) is 0 Å². The van der Waals surface area contributed by atoms with E-state index in [4.69, 9.17) is 0 Å². The molecule has 1 aromatic rings. The van der Waals surface area contributed by atoms with Crippen LogP contribution in [0.15, 0.2) is 24.3 Å². The van der Waals surface area contributed by atoms with Crippen LogP contribution in [-0.2, 0) is 11.2 Å². The van der Waals surface area contributed by atoms with Crippen molar-refractivity contribution >= 4 is 5.91 Å². The number of aryl methyl sites for hydroxylation is 1. The predicted octanol–water partition coefficient (Wildman–Crippen LogP) is 2.18. The van der Waals surface area contributed by atoms with E-state index in [2.05, 4.69) is 36.6 Å². The van der Waals surface area contributed by atoms with E-state index in [-0.39, 0.29) is 5.91 Å². The van der Waals surface area contributed by atoms with Crippen molar-refractivity contribution < 1.29 is 4.79 Å². The third kappa shape index (κ3) is 4.67. The quantitative estimate of drug-likeness (QED) is 0.871. The molecule has 1 aliphatic rings. The lowest BCUT2D eigenvalue weighted by Crippen LogP contribution is -2.47. The number of hydrogen-bond donors (Lipinski definition) is 2. The van der Waals surface area contributed by atoms with Crippen LogP contribution in [0.1, 0.15) is 37.3 Å². The first-order valence-corrected chi connectivity index (χ1v) is 7.22. The lowest BCUT2D eigenvalue weighted by Gasteiger charge is -2.28. The normalized spacial score (nSPS) is 23.1. The Labute approximate surface area is 115 Å². The zero-order valence-corrected chi connectivity index (χ0v) is 11.9. The van der Waals surface area contributed by atoms with E-state index in [0.29, 0.717) is 18.5 Å². The first kappa shape index (κ1) is 14.1. The Bertz CT molecular complexity index is 431. The van der Waals surface area contributed by atoms with E-state index >= 15 is 0 Å². The van der Waals surface area contributed by atoms with Gasteiger partial charge in [0, 0.05) is 18.6 Å². The van der Waals surface area contributed by atoms with Gasteiger partial charge in [0.05, 0.1) is 6.42 Å². The number of carbonyl (C=O) groups excluding carboxylic acids is 1. The highest BCUT2D eigenvalue weighted by Crippen LogP contribution is 2.11. The van der Waals surface area contributed by atoms with Gasteiger partial charge in [-0.05, 0) is 32.3 Å². The third-order valence-corrected chi connectivity index (χ3v) is 3.70. The first-order valence-electron chi connectivity index (χ1n) is 7.22. The highest BCUT2D eigenvalue weighted by molar-refractivity contribution is 5.78. The van der Waals surface area contributed by atoms with E-state index in [0.717, 1.165) is 18.5 Å². The molecule has 0 aromatic heterocycles. The molecule has 19 heavy (non-hydrogen) atoms. The number of benzene rings is 1. The minimum atomic E-state index is 0.116. The van der Waals surface area contributed by atoms with Crippen LogP contribution in [0.5, 0.6) is 0 Å². The summed E-state index contributed by atoms with van der Waals surface area (Å²) in [4.78, 5) is 11.9. The van der Waals surface area contributed by atoms with E-state index in [1.807, 2.05) is 12.1 Å². The average Bonchev–Trinajstić information content (AvgIpc) is 2.36. The molecule has 0 radical (unpaired) electrons. The van der Waals surface area contributed by atoms with Gasteiger partial charge in [-0.15, -0.1) is 0 Å². The SMILES string of the molecule is Cc1cccc(CC(=O)NCC2CCCC(C)N2)c1. The van der Waals surface area contributed by atoms with Crippen molar-refractivity contribution in [2.45, 2.75) is 51.6 Å². The van der Waals surface area contributed by atoms with Crippen LogP contribution in [0.2, 0.25) is 0 Å². The molecule has 2 N–H and O–H groups in total. The molecule has 2 atom stereocenters. The summed E-state index contributed by atoms with van der Waals surface area (Å²) >= 11 is 0. The van der Waals surface area contributed by atoms with Gasteiger partial charge in [-0.1, -0.05) is 36.2 Å². The zero-order valence-electron chi connectivity index (χ0n) is 11.9. The summed E-state index contributed by atoms with van der Waals surface area (Å²) in [5.74, 6) is 0.116. The maximum atomic E-state index is 11.9. The second kappa shape index (κ2) is 6.71. The first-order chi connectivity index (χ1) is 9.13. The van der Waals surface area contributed by atoms with Crippen LogP contribution in [0.4, 0.5) is 0 Å². The van der Waals surface area contributed by atoms with Crippen LogP contribution < -0.4 is 10.6 Å². The Kier molecular flexibility index (Phi) is 4.97. The Hall–Kier alpha value is -1.35. The molecule has 0 bridgehead atoms. The lowest BCUT2D eigenvalue weighted by atomic mass is 9.99. The van der Waals surface area contributed by atoms with Gasteiger partial charge in [0.25, 0.3) is 0 Å². The van der Waals surface area contributed by atoms with Gasteiger partial charge in [0.2, 0.25) is 5.91 Å². The summed E-state index contributed by atoms with van der Waals surface area (Å²) in [5.41, 5.74) is 2.29. The standard InChI is InChI=1S/C16H24N2O/c1-12-5-3-7-14(9-12)10-16(19)17-11-15-8-4-6-13(2)18-15/h3,5,7,9,13,15,18H,4,6,8,10-11H2,1-2H3,(H,17,19). The van der Waals surface area contributed by atoms with Crippen LogP contribution in [0.3, 0.4) is 0 Å².